The number of halogens is 3. The third-order valence-electron chi connectivity index (χ3n) is 2.39. The monoisotopic (exact) mass is 335 g/mol. The molecule has 0 saturated heterocycles. The highest BCUT2D eigenvalue weighted by atomic mass is 35.5. The number of benzene rings is 1. The topological polar surface area (TPSA) is 79.5 Å². The lowest BCUT2D eigenvalue weighted by Gasteiger charge is -2.10. The number of amides is 3. The van der Waals surface area contributed by atoms with Crippen molar-refractivity contribution in [3.63, 3.8) is 0 Å². The summed E-state index contributed by atoms with van der Waals surface area (Å²) in [5, 5.41) is 7.29. The molecule has 0 unspecified atom stereocenters. The Kier molecular flexibility index (Phi) is 7.38. The zero-order chi connectivity index (χ0) is 16.5. The summed E-state index contributed by atoms with van der Waals surface area (Å²) in [4.78, 5) is 22.9. The fourth-order valence-corrected chi connectivity index (χ4v) is 1.66. The lowest BCUT2D eigenvalue weighted by molar-refractivity contribution is -0.120. The SMILES string of the molecule is CCCNC(=O)CNC(=O)Nc1ccc(OC(F)F)c(Cl)c1. The van der Waals surface area contributed by atoms with E-state index in [1.807, 2.05) is 6.92 Å². The summed E-state index contributed by atoms with van der Waals surface area (Å²) in [6.07, 6.45) is 0.795. The van der Waals surface area contributed by atoms with Gasteiger partial charge in [0, 0.05) is 12.2 Å². The maximum absolute atomic E-state index is 12.1. The lowest BCUT2D eigenvalue weighted by atomic mass is 10.3. The number of hydrogen-bond donors (Lipinski definition) is 3. The number of carbonyl (C=O) groups is 2. The molecule has 9 heteroatoms. The van der Waals surface area contributed by atoms with Gasteiger partial charge in [-0.3, -0.25) is 4.79 Å². The predicted octanol–water partition coefficient (Wildman–Crippen LogP) is 2.59. The third-order valence-corrected chi connectivity index (χ3v) is 2.68. The molecule has 0 heterocycles. The summed E-state index contributed by atoms with van der Waals surface area (Å²) in [6.45, 7) is -0.720. The van der Waals surface area contributed by atoms with Gasteiger partial charge in [0.2, 0.25) is 5.91 Å². The fourth-order valence-electron chi connectivity index (χ4n) is 1.43. The smallest absolute Gasteiger partial charge is 0.387 e. The quantitative estimate of drug-likeness (QED) is 0.716. The number of urea groups is 1. The van der Waals surface area contributed by atoms with E-state index >= 15 is 0 Å². The van der Waals surface area contributed by atoms with Gasteiger partial charge in [-0.05, 0) is 24.6 Å². The lowest BCUT2D eigenvalue weighted by Crippen LogP contribution is -2.39. The van der Waals surface area contributed by atoms with Crippen molar-refractivity contribution in [3.8, 4) is 5.75 Å². The van der Waals surface area contributed by atoms with Gasteiger partial charge in [-0.1, -0.05) is 18.5 Å². The van der Waals surface area contributed by atoms with Crippen LogP contribution in [-0.4, -0.2) is 31.6 Å². The van der Waals surface area contributed by atoms with Crippen molar-refractivity contribution >= 4 is 29.2 Å². The molecule has 0 atom stereocenters. The second-order valence-corrected chi connectivity index (χ2v) is 4.59. The van der Waals surface area contributed by atoms with Gasteiger partial charge in [-0.2, -0.15) is 8.78 Å². The second-order valence-electron chi connectivity index (χ2n) is 4.18. The zero-order valence-electron chi connectivity index (χ0n) is 11.8. The van der Waals surface area contributed by atoms with Crippen LogP contribution in [0.3, 0.4) is 0 Å². The van der Waals surface area contributed by atoms with Crippen molar-refractivity contribution in [2.24, 2.45) is 0 Å². The molecule has 0 aliphatic heterocycles. The van der Waals surface area contributed by atoms with Gasteiger partial charge in [-0.15, -0.1) is 0 Å². The summed E-state index contributed by atoms with van der Waals surface area (Å²) in [7, 11) is 0. The minimum absolute atomic E-state index is 0.0706. The predicted molar refractivity (Wildman–Crippen MR) is 78.4 cm³/mol. The molecule has 1 rings (SSSR count). The Hall–Kier alpha value is -2.09. The van der Waals surface area contributed by atoms with E-state index in [4.69, 9.17) is 11.6 Å². The van der Waals surface area contributed by atoms with Crippen LogP contribution in [0.15, 0.2) is 18.2 Å². The van der Waals surface area contributed by atoms with Crippen molar-refractivity contribution < 1.29 is 23.1 Å². The summed E-state index contributed by atoms with van der Waals surface area (Å²) in [5.74, 6) is -0.503. The van der Waals surface area contributed by atoms with Crippen LogP contribution in [-0.2, 0) is 4.79 Å². The molecule has 1 aromatic rings. The first kappa shape index (κ1) is 18.0. The molecule has 1 aromatic carbocycles. The first-order valence-electron chi connectivity index (χ1n) is 6.48. The van der Waals surface area contributed by atoms with E-state index in [1.54, 1.807) is 0 Å². The molecular formula is C13H16ClF2N3O3. The Morgan fingerprint density at radius 2 is 2.05 bits per heavy atom. The number of rotatable bonds is 7. The average Bonchev–Trinajstić information content (AvgIpc) is 2.45. The molecule has 0 bridgehead atoms. The maximum Gasteiger partial charge on any atom is 0.387 e. The van der Waals surface area contributed by atoms with Gasteiger partial charge in [0.1, 0.15) is 5.75 Å². The Morgan fingerprint density at radius 3 is 2.64 bits per heavy atom. The Balaban J connectivity index is 2.47. The Morgan fingerprint density at radius 1 is 1.32 bits per heavy atom. The maximum atomic E-state index is 12.1. The zero-order valence-corrected chi connectivity index (χ0v) is 12.5. The highest BCUT2D eigenvalue weighted by molar-refractivity contribution is 6.32. The molecule has 0 saturated carbocycles. The summed E-state index contributed by atoms with van der Waals surface area (Å²) in [5.41, 5.74) is 0.276. The number of nitrogens with one attached hydrogen (secondary N) is 3. The summed E-state index contributed by atoms with van der Waals surface area (Å²) in [6, 6.07) is 3.19. The van der Waals surface area contributed by atoms with Crippen LogP contribution < -0.4 is 20.7 Å². The minimum atomic E-state index is -2.98. The Labute approximate surface area is 131 Å². The number of ether oxygens (including phenoxy) is 1. The van der Waals surface area contributed by atoms with E-state index in [2.05, 4.69) is 20.7 Å². The summed E-state index contributed by atoms with van der Waals surface area (Å²) >= 11 is 5.75. The Bertz CT molecular complexity index is 529. The highest BCUT2D eigenvalue weighted by Gasteiger charge is 2.10. The van der Waals surface area contributed by atoms with Crippen LogP contribution in [0.1, 0.15) is 13.3 Å². The minimum Gasteiger partial charge on any atom is -0.433 e. The van der Waals surface area contributed by atoms with Gasteiger partial charge < -0.3 is 20.7 Å². The van der Waals surface area contributed by atoms with E-state index in [-0.39, 0.29) is 28.9 Å². The molecule has 122 valence electrons. The van der Waals surface area contributed by atoms with E-state index in [9.17, 15) is 18.4 Å². The molecule has 0 aliphatic rings. The molecule has 3 N–H and O–H groups in total. The van der Waals surface area contributed by atoms with Crippen molar-refractivity contribution in [2.75, 3.05) is 18.4 Å². The third kappa shape index (κ3) is 6.57. The molecule has 22 heavy (non-hydrogen) atoms. The van der Waals surface area contributed by atoms with Crippen molar-refractivity contribution in [3.05, 3.63) is 23.2 Å². The van der Waals surface area contributed by atoms with Crippen molar-refractivity contribution in [1.82, 2.24) is 10.6 Å². The van der Waals surface area contributed by atoms with E-state index in [0.717, 1.165) is 6.42 Å². The van der Waals surface area contributed by atoms with Crippen molar-refractivity contribution in [2.45, 2.75) is 20.0 Å². The molecule has 0 aliphatic carbocycles. The normalized spacial score (nSPS) is 10.2. The molecule has 0 fully saturated rings. The van der Waals surface area contributed by atoms with Crippen LogP contribution in [0, 0.1) is 0 Å². The summed E-state index contributed by atoms with van der Waals surface area (Å²) < 4.78 is 28.3. The molecule has 3 amide bonds. The highest BCUT2D eigenvalue weighted by Crippen LogP contribution is 2.28. The second kappa shape index (κ2) is 9.04. The molecule has 6 nitrogen and oxygen atoms in total. The van der Waals surface area contributed by atoms with Gasteiger partial charge in [-0.25, -0.2) is 4.79 Å². The molecule has 0 aromatic heterocycles. The standard InChI is InChI=1S/C13H16ClF2N3O3/c1-2-5-17-11(20)7-18-13(21)19-8-3-4-10(9(14)6-8)22-12(15)16/h3-4,6,12H,2,5,7H2,1H3,(H,17,20)(H2,18,19,21). The van der Waals surface area contributed by atoms with Crippen LogP contribution >= 0.6 is 11.6 Å². The fraction of sp³-hybridized carbons (Fsp3) is 0.385. The first-order valence-corrected chi connectivity index (χ1v) is 6.86. The average molecular weight is 336 g/mol. The van der Waals surface area contributed by atoms with Crippen LogP contribution in [0.25, 0.3) is 0 Å². The molecule has 0 spiro atoms. The van der Waals surface area contributed by atoms with Gasteiger partial charge in [0.25, 0.3) is 0 Å². The largest absolute Gasteiger partial charge is 0.433 e. The number of carbonyl (C=O) groups excluding carboxylic acids is 2. The number of hydrogen-bond acceptors (Lipinski definition) is 3. The van der Waals surface area contributed by atoms with Crippen LogP contribution in [0.2, 0.25) is 5.02 Å². The van der Waals surface area contributed by atoms with E-state index < -0.39 is 12.6 Å². The number of alkyl halides is 2. The van der Waals surface area contributed by atoms with E-state index in [1.165, 1.54) is 18.2 Å². The van der Waals surface area contributed by atoms with E-state index in [0.29, 0.717) is 6.54 Å². The molecule has 0 radical (unpaired) electrons. The first-order chi connectivity index (χ1) is 10.4. The number of anilines is 1. The van der Waals surface area contributed by atoms with Crippen LogP contribution in [0.4, 0.5) is 19.3 Å². The van der Waals surface area contributed by atoms with Gasteiger partial charge >= 0.3 is 12.6 Å². The van der Waals surface area contributed by atoms with Gasteiger partial charge in [0.05, 0.1) is 11.6 Å². The molecular weight excluding hydrogens is 320 g/mol. The van der Waals surface area contributed by atoms with Crippen LogP contribution in [0.5, 0.6) is 5.75 Å². The van der Waals surface area contributed by atoms with Gasteiger partial charge in [0.15, 0.2) is 0 Å². The van der Waals surface area contributed by atoms with Crippen molar-refractivity contribution in [1.29, 1.82) is 0 Å².